The first-order valence-electron chi connectivity index (χ1n) is 8.44. The predicted octanol–water partition coefficient (Wildman–Crippen LogP) is 2.83. The molecule has 0 aliphatic heterocycles. The Kier molecular flexibility index (Phi) is 7.05. The SMILES string of the molecule is CCOc1ccc(C(=O)N(C)Cc2ccc(OCC(=O)O)cc2)cc1OC. The smallest absolute Gasteiger partial charge is 0.341 e. The highest BCUT2D eigenvalue weighted by molar-refractivity contribution is 5.94. The number of nitrogens with zero attached hydrogens (tertiary/aromatic N) is 1. The van der Waals surface area contributed by atoms with Crippen molar-refractivity contribution in [1.29, 1.82) is 0 Å². The van der Waals surface area contributed by atoms with E-state index in [1.54, 1.807) is 54.4 Å². The highest BCUT2D eigenvalue weighted by Gasteiger charge is 2.15. The van der Waals surface area contributed by atoms with Crippen LogP contribution in [0.3, 0.4) is 0 Å². The molecular formula is C20H23NO6. The van der Waals surface area contributed by atoms with Crippen molar-refractivity contribution >= 4 is 11.9 Å². The molecule has 0 aliphatic carbocycles. The number of benzene rings is 2. The topological polar surface area (TPSA) is 85.3 Å². The number of aliphatic carboxylic acids is 1. The molecule has 1 N–H and O–H groups in total. The van der Waals surface area contributed by atoms with Gasteiger partial charge in [-0.1, -0.05) is 12.1 Å². The molecule has 2 aromatic carbocycles. The van der Waals surface area contributed by atoms with E-state index in [0.29, 0.717) is 36.0 Å². The molecule has 0 saturated heterocycles. The minimum Gasteiger partial charge on any atom is -0.493 e. The second-order valence-electron chi connectivity index (χ2n) is 5.79. The summed E-state index contributed by atoms with van der Waals surface area (Å²) in [6.45, 7) is 2.39. The van der Waals surface area contributed by atoms with Crippen molar-refractivity contribution in [1.82, 2.24) is 4.90 Å². The summed E-state index contributed by atoms with van der Waals surface area (Å²) in [4.78, 5) is 24.8. The normalized spacial score (nSPS) is 10.2. The van der Waals surface area contributed by atoms with Crippen LogP contribution in [0.1, 0.15) is 22.8 Å². The fraction of sp³-hybridized carbons (Fsp3) is 0.300. The van der Waals surface area contributed by atoms with Crippen LogP contribution in [0.15, 0.2) is 42.5 Å². The van der Waals surface area contributed by atoms with Crippen LogP contribution in [-0.2, 0) is 11.3 Å². The van der Waals surface area contributed by atoms with Gasteiger partial charge in [-0.2, -0.15) is 0 Å². The number of methoxy groups -OCH3 is 1. The van der Waals surface area contributed by atoms with E-state index in [4.69, 9.17) is 19.3 Å². The molecule has 0 aromatic heterocycles. The molecule has 2 rings (SSSR count). The number of rotatable bonds is 9. The summed E-state index contributed by atoms with van der Waals surface area (Å²) in [7, 11) is 3.24. The molecule has 7 heteroatoms. The third-order valence-corrected chi connectivity index (χ3v) is 3.76. The summed E-state index contributed by atoms with van der Waals surface area (Å²) in [6.07, 6.45) is 0. The fourth-order valence-corrected chi connectivity index (χ4v) is 2.48. The van der Waals surface area contributed by atoms with Gasteiger partial charge in [0.15, 0.2) is 18.1 Å². The zero-order chi connectivity index (χ0) is 19.8. The van der Waals surface area contributed by atoms with Crippen LogP contribution in [-0.4, -0.2) is 49.3 Å². The van der Waals surface area contributed by atoms with Crippen molar-refractivity contribution in [2.45, 2.75) is 13.5 Å². The van der Waals surface area contributed by atoms with Gasteiger partial charge < -0.3 is 24.2 Å². The third-order valence-electron chi connectivity index (χ3n) is 3.76. The van der Waals surface area contributed by atoms with Gasteiger partial charge in [0, 0.05) is 19.2 Å². The lowest BCUT2D eigenvalue weighted by atomic mass is 10.1. The summed E-state index contributed by atoms with van der Waals surface area (Å²) in [5.74, 6) is 0.385. The van der Waals surface area contributed by atoms with Gasteiger partial charge in [-0.15, -0.1) is 0 Å². The van der Waals surface area contributed by atoms with Crippen LogP contribution >= 0.6 is 0 Å². The fourth-order valence-electron chi connectivity index (χ4n) is 2.48. The van der Waals surface area contributed by atoms with E-state index < -0.39 is 12.6 Å². The second kappa shape index (κ2) is 9.47. The molecule has 0 atom stereocenters. The van der Waals surface area contributed by atoms with E-state index in [0.717, 1.165) is 5.56 Å². The Morgan fingerprint density at radius 2 is 1.74 bits per heavy atom. The van der Waals surface area contributed by atoms with Crippen molar-refractivity contribution in [3.63, 3.8) is 0 Å². The largest absolute Gasteiger partial charge is 0.493 e. The standard InChI is InChI=1S/C20H23NO6/c1-4-26-17-10-7-15(11-18(17)25-3)20(24)21(2)12-14-5-8-16(9-6-14)27-13-19(22)23/h5-11H,4,12-13H2,1-3H3,(H,22,23). The van der Waals surface area contributed by atoms with Crippen molar-refractivity contribution < 1.29 is 28.9 Å². The van der Waals surface area contributed by atoms with E-state index in [2.05, 4.69) is 0 Å². The third kappa shape index (κ3) is 5.64. The molecule has 0 radical (unpaired) electrons. The zero-order valence-electron chi connectivity index (χ0n) is 15.6. The molecule has 2 aromatic rings. The van der Waals surface area contributed by atoms with E-state index in [1.165, 1.54) is 7.11 Å². The highest BCUT2D eigenvalue weighted by Crippen LogP contribution is 2.28. The van der Waals surface area contributed by atoms with E-state index in [-0.39, 0.29) is 5.91 Å². The van der Waals surface area contributed by atoms with Crippen molar-refractivity contribution in [2.75, 3.05) is 27.4 Å². The van der Waals surface area contributed by atoms with Gasteiger partial charge in [-0.3, -0.25) is 4.79 Å². The lowest BCUT2D eigenvalue weighted by molar-refractivity contribution is -0.139. The van der Waals surface area contributed by atoms with Gasteiger partial charge in [0.05, 0.1) is 13.7 Å². The summed E-state index contributed by atoms with van der Waals surface area (Å²) < 4.78 is 15.8. The molecule has 0 fully saturated rings. The monoisotopic (exact) mass is 373 g/mol. The zero-order valence-corrected chi connectivity index (χ0v) is 15.6. The number of carbonyl (C=O) groups is 2. The molecule has 0 heterocycles. The molecule has 0 saturated carbocycles. The van der Waals surface area contributed by atoms with E-state index in [1.807, 2.05) is 6.92 Å². The lowest BCUT2D eigenvalue weighted by Gasteiger charge is -2.18. The molecule has 1 amide bonds. The van der Waals surface area contributed by atoms with Crippen LogP contribution < -0.4 is 14.2 Å². The Morgan fingerprint density at radius 1 is 1.04 bits per heavy atom. The minimum atomic E-state index is -1.03. The number of hydrogen-bond donors (Lipinski definition) is 1. The number of carboxylic acid groups (broad SMARTS) is 1. The summed E-state index contributed by atoms with van der Waals surface area (Å²) in [5, 5.41) is 8.62. The Bertz CT molecular complexity index is 788. The quantitative estimate of drug-likeness (QED) is 0.727. The Morgan fingerprint density at radius 3 is 2.33 bits per heavy atom. The second-order valence-corrected chi connectivity index (χ2v) is 5.79. The van der Waals surface area contributed by atoms with Gasteiger partial charge in [0.2, 0.25) is 0 Å². The first kappa shape index (κ1) is 20.1. The molecule has 27 heavy (non-hydrogen) atoms. The molecule has 7 nitrogen and oxygen atoms in total. The molecule has 144 valence electrons. The predicted molar refractivity (Wildman–Crippen MR) is 99.5 cm³/mol. The average Bonchev–Trinajstić information content (AvgIpc) is 2.67. The van der Waals surface area contributed by atoms with Gasteiger partial charge in [0.25, 0.3) is 5.91 Å². The number of hydrogen-bond acceptors (Lipinski definition) is 5. The first-order valence-corrected chi connectivity index (χ1v) is 8.44. The molecule has 0 bridgehead atoms. The number of ether oxygens (including phenoxy) is 3. The molecular weight excluding hydrogens is 350 g/mol. The Balaban J connectivity index is 2.03. The van der Waals surface area contributed by atoms with E-state index >= 15 is 0 Å². The minimum absolute atomic E-state index is 0.150. The molecule has 0 unspecified atom stereocenters. The van der Waals surface area contributed by atoms with Crippen molar-refractivity contribution in [3.8, 4) is 17.2 Å². The van der Waals surface area contributed by atoms with Crippen molar-refractivity contribution in [2.24, 2.45) is 0 Å². The summed E-state index contributed by atoms with van der Waals surface area (Å²) >= 11 is 0. The average molecular weight is 373 g/mol. The van der Waals surface area contributed by atoms with Gasteiger partial charge >= 0.3 is 5.97 Å². The van der Waals surface area contributed by atoms with Crippen LogP contribution in [0.25, 0.3) is 0 Å². The van der Waals surface area contributed by atoms with E-state index in [9.17, 15) is 9.59 Å². The maximum absolute atomic E-state index is 12.7. The number of carboxylic acids is 1. The van der Waals surface area contributed by atoms with Gasteiger partial charge in [0.1, 0.15) is 5.75 Å². The Labute approximate surface area is 158 Å². The maximum atomic E-state index is 12.7. The van der Waals surface area contributed by atoms with Crippen LogP contribution in [0.5, 0.6) is 17.2 Å². The Hall–Kier alpha value is -3.22. The first-order chi connectivity index (χ1) is 12.9. The van der Waals surface area contributed by atoms with Crippen LogP contribution in [0.2, 0.25) is 0 Å². The van der Waals surface area contributed by atoms with Crippen molar-refractivity contribution in [3.05, 3.63) is 53.6 Å². The maximum Gasteiger partial charge on any atom is 0.341 e. The number of amides is 1. The highest BCUT2D eigenvalue weighted by atomic mass is 16.5. The van der Waals surface area contributed by atoms with Crippen LogP contribution in [0.4, 0.5) is 0 Å². The summed E-state index contributed by atoms with van der Waals surface area (Å²) in [6, 6.07) is 12.0. The lowest BCUT2D eigenvalue weighted by Crippen LogP contribution is -2.26. The molecule has 0 aliphatic rings. The molecule has 0 spiro atoms. The number of carbonyl (C=O) groups excluding carboxylic acids is 1. The van der Waals surface area contributed by atoms with Crippen LogP contribution in [0, 0.1) is 0 Å². The summed E-state index contributed by atoms with van der Waals surface area (Å²) in [5.41, 5.74) is 1.39. The van der Waals surface area contributed by atoms with Gasteiger partial charge in [-0.25, -0.2) is 4.79 Å². The van der Waals surface area contributed by atoms with Gasteiger partial charge in [-0.05, 0) is 42.8 Å².